The minimum Gasteiger partial charge on any atom is -0.383 e. The summed E-state index contributed by atoms with van der Waals surface area (Å²) in [5, 5.41) is 0. The molecule has 0 rings (SSSR count). The highest BCUT2D eigenvalue weighted by Gasteiger charge is 2.56. The second-order valence-corrected chi connectivity index (χ2v) is 20.3. The largest absolute Gasteiger partial charge is 0.470 e. The quantitative estimate of drug-likeness (QED) is 0.134. The summed E-state index contributed by atoms with van der Waals surface area (Å²) < 4.78 is 45.9. The number of hydrogen-bond acceptors (Lipinski definition) is 18. The molecule has 35 heavy (non-hydrogen) atoms. The molecule has 23 heteroatoms. The minimum atomic E-state index is -4.37. The Kier molecular flexibility index (Phi) is 12.2. The second-order valence-electron chi connectivity index (χ2n) is 6.39. The van der Waals surface area contributed by atoms with E-state index in [4.69, 9.17) is 16.5 Å². The lowest BCUT2D eigenvalue weighted by atomic mass is 11.7. The fraction of sp³-hybridized carbons (Fsp3) is 0.417. The fourth-order valence-corrected chi connectivity index (χ4v) is 18.4. The van der Waals surface area contributed by atoms with E-state index in [1.807, 2.05) is 0 Å². The van der Waals surface area contributed by atoms with Gasteiger partial charge in [0, 0.05) is 19.6 Å². The maximum absolute atomic E-state index is 11.1. The predicted molar refractivity (Wildman–Crippen MR) is 119 cm³/mol. The third-order valence-electron chi connectivity index (χ3n) is 3.28. The summed E-state index contributed by atoms with van der Waals surface area (Å²) in [4.78, 5) is 76.3. The van der Waals surface area contributed by atoms with Gasteiger partial charge in [-0.25, -0.2) is 33.6 Å². The Balaban J connectivity index is 6.66. The van der Waals surface area contributed by atoms with Crippen LogP contribution in [0.2, 0.25) is 32.7 Å². The fourth-order valence-electron chi connectivity index (χ4n) is 2.35. The van der Waals surface area contributed by atoms with Crippen molar-refractivity contribution in [1.82, 2.24) is 0 Å². The van der Waals surface area contributed by atoms with Crippen molar-refractivity contribution >= 4 is 86.0 Å². The van der Waals surface area contributed by atoms with Crippen LogP contribution in [0.4, 0.5) is 0 Å². The molecule has 0 aromatic heterocycles. The van der Waals surface area contributed by atoms with E-state index in [-0.39, 0.29) is 0 Å². The van der Waals surface area contributed by atoms with Gasteiger partial charge in [0.1, 0.15) is 0 Å². The Morgan fingerprint density at radius 1 is 0.371 bits per heavy atom. The lowest BCUT2D eigenvalue weighted by Crippen LogP contribution is -2.60. The van der Waals surface area contributed by atoms with E-state index in [1.54, 1.807) is 0 Å². The number of isocyanates is 7. The molecule has 0 aromatic carbocycles. The van der Waals surface area contributed by atoms with Crippen LogP contribution in [0.1, 0.15) is 0 Å². The molecule has 0 fully saturated rings. The summed E-state index contributed by atoms with van der Waals surface area (Å²) in [6, 6.07) is 0. The van der Waals surface area contributed by atoms with Crippen molar-refractivity contribution in [2.24, 2.45) is 32.6 Å². The zero-order chi connectivity index (χ0) is 27.2. The van der Waals surface area contributed by atoms with Crippen LogP contribution < -0.4 is 0 Å². The van der Waals surface area contributed by atoms with Gasteiger partial charge in [0.05, 0.1) is 0 Å². The molecule has 0 saturated carbocycles. The van der Waals surface area contributed by atoms with Gasteiger partial charge in [-0.1, -0.05) is 0 Å². The minimum absolute atomic E-state index is 1.09. The van der Waals surface area contributed by atoms with E-state index in [2.05, 4.69) is 32.6 Å². The molecule has 0 spiro atoms. The van der Waals surface area contributed by atoms with E-state index >= 15 is 0 Å². The topological polar surface area (TPSA) is 243 Å². The normalized spacial score (nSPS) is 18.3. The summed E-state index contributed by atoms with van der Waals surface area (Å²) in [6.07, 6.45) is 8.18. The number of nitrogens with zero attached hydrogens (tertiary/aromatic N) is 7. The molecule has 0 radical (unpaired) electrons. The molecule has 0 aliphatic heterocycles. The average molecular weight is 574 g/mol. The molecule has 0 saturated heterocycles. The van der Waals surface area contributed by atoms with Crippen LogP contribution in [0.25, 0.3) is 0 Å². The van der Waals surface area contributed by atoms with Crippen molar-refractivity contribution in [1.29, 1.82) is 0 Å². The highest BCUT2D eigenvalue weighted by Crippen LogP contribution is 2.28. The molecule has 184 valence electrons. The number of carbonyl (C=O) groups excluding carboxylic acids is 7. The summed E-state index contributed by atoms with van der Waals surface area (Å²) in [5.74, 6) is 0. The lowest BCUT2D eigenvalue weighted by Gasteiger charge is -2.35. The monoisotopic (exact) mass is 573 g/mol. The van der Waals surface area contributed by atoms with Crippen LogP contribution in [-0.4, -0.2) is 86.0 Å². The van der Waals surface area contributed by atoms with E-state index < -0.39 is 43.4 Å². The molecule has 0 amide bonds. The first kappa shape index (κ1) is 31.6. The smallest absolute Gasteiger partial charge is 0.383 e. The Labute approximate surface area is 201 Å². The highest BCUT2D eigenvalue weighted by molar-refractivity contribution is 6.90. The molecule has 2 unspecified atom stereocenters. The third-order valence-corrected chi connectivity index (χ3v) is 19.0. The van der Waals surface area contributed by atoms with Gasteiger partial charge in [-0.05, 0) is 13.1 Å². The standard InChI is InChI=1S/C12H15N7O11Si5/c1-31(13-6-20,14-7-21)27-33(3,17-10-24)29-35(5,19-12-26)30-34(4,18-11-25)28-32(2,15-8-22)16-9-23/h1-5H3. The molecular formula is C12H15N7O11Si5. The van der Waals surface area contributed by atoms with Gasteiger partial charge >= 0.3 is 43.4 Å². The summed E-state index contributed by atoms with van der Waals surface area (Å²) in [5.41, 5.74) is 0. The molecular weight excluding hydrogens is 559 g/mol. The van der Waals surface area contributed by atoms with E-state index in [0.29, 0.717) is 0 Å². The van der Waals surface area contributed by atoms with Crippen LogP contribution in [0.15, 0.2) is 32.6 Å². The van der Waals surface area contributed by atoms with E-state index in [0.717, 1.165) is 57.1 Å². The molecule has 2 atom stereocenters. The van der Waals surface area contributed by atoms with Crippen LogP contribution >= 0.6 is 0 Å². The van der Waals surface area contributed by atoms with Gasteiger partial charge in [-0.2, -0.15) is 32.6 Å². The summed E-state index contributed by atoms with van der Waals surface area (Å²) in [7, 11) is -21.0. The van der Waals surface area contributed by atoms with Crippen LogP contribution in [0.5, 0.6) is 0 Å². The van der Waals surface area contributed by atoms with Crippen molar-refractivity contribution in [2.75, 3.05) is 0 Å². The number of rotatable bonds is 15. The Morgan fingerprint density at radius 2 is 0.571 bits per heavy atom. The Hall–Kier alpha value is -3.42. The van der Waals surface area contributed by atoms with E-state index in [1.165, 1.54) is 18.2 Å². The summed E-state index contributed by atoms with van der Waals surface area (Å²) in [6.45, 7) is 5.56. The van der Waals surface area contributed by atoms with Crippen LogP contribution in [0.3, 0.4) is 0 Å². The predicted octanol–water partition coefficient (Wildman–Crippen LogP) is -0.753. The van der Waals surface area contributed by atoms with Gasteiger partial charge in [0.15, 0.2) is 0 Å². The second kappa shape index (κ2) is 13.5. The molecule has 0 bridgehead atoms. The summed E-state index contributed by atoms with van der Waals surface area (Å²) >= 11 is 0. The maximum Gasteiger partial charge on any atom is 0.470 e. The van der Waals surface area contributed by atoms with E-state index in [9.17, 15) is 33.6 Å². The number of hydrogen-bond donors (Lipinski definition) is 0. The first-order valence-corrected chi connectivity index (χ1v) is 20.1. The zero-order valence-corrected chi connectivity index (χ0v) is 23.6. The van der Waals surface area contributed by atoms with Crippen molar-refractivity contribution in [3.05, 3.63) is 0 Å². The molecule has 0 aromatic rings. The van der Waals surface area contributed by atoms with Gasteiger partial charge in [0.25, 0.3) is 0 Å². The van der Waals surface area contributed by atoms with Gasteiger partial charge in [0.2, 0.25) is 42.6 Å². The first-order valence-electron chi connectivity index (χ1n) is 8.69. The molecule has 0 heterocycles. The third kappa shape index (κ3) is 10.6. The molecule has 0 aliphatic carbocycles. The highest BCUT2D eigenvalue weighted by atomic mass is 28.5. The molecule has 0 N–H and O–H groups in total. The van der Waals surface area contributed by atoms with Crippen LogP contribution in [0, 0.1) is 0 Å². The van der Waals surface area contributed by atoms with Gasteiger partial charge < -0.3 is 16.5 Å². The SMILES string of the molecule is C[Si](N=C=O)(N=C=O)O[Si](C)(N=C=O)O[Si](C)(N=C=O)O[Si](C)(N=C=O)O[Si](C)(N=C=O)N=C=O. The van der Waals surface area contributed by atoms with Crippen molar-refractivity contribution in [3.8, 4) is 0 Å². The zero-order valence-electron chi connectivity index (χ0n) is 18.6. The first-order chi connectivity index (χ1) is 16.3. The van der Waals surface area contributed by atoms with Crippen molar-refractivity contribution < 1.29 is 50.0 Å². The van der Waals surface area contributed by atoms with Crippen molar-refractivity contribution in [2.45, 2.75) is 32.7 Å². The van der Waals surface area contributed by atoms with Crippen molar-refractivity contribution in [3.63, 3.8) is 0 Å². The van der Waals surface area contributed by atoms with Gasteiger partial charge in [-0.3, -0.25) is 0 Å². The van der Waals surface area contributed by atoms with Crippen LogP contribution in [-0.2, 0) is 50.0 Å². The lowest BCUT2D eigenvalue weighted by molar-refractivity contribution is 0.287. The van der Waals surface area contributed by atoms with Gasteiger partial charge in [-0.15, -0.1) is 0 Å². The Bertz CT molecular complexity index is 1050. The average Bonchev–Trinajstić information content (AvgIpc) is 2.67. The molecule has 18 nitrogen and oxygen atoms in total. The molecule has 0 aliphatic rings. The maximum atomic E-state index is 11.1. The Morgan fingerprint density at radius 3 is 0.771 bits per heavy atom.